The smallest absolute Gasteiger partial charge is 0.107 e. The third-order valence-corrected chi connectivity index (χ3v) is 3.01. The molecule has 0 amide bonds. The summed E-state index contributed by atoms with van der Waals surface area (Å²) in [6.07, 6.45) is 0.889. The van der Waals surface area contributed by atoms with Gasteiger partial charge in [-0.05, 0) is 13.3 Å². The third-order valence-electron chi connectivity index (χ3n) is 2.04. The highest BCUT2D eigenvalue weighted by molar-refractivity contribution is 7.09. The van der Waals surface area contributed by atoms with Crippen LogP contribution in [0.25, 0.3) is 0 Å². The molecular weight excluding hydrogens is 210 g/mol. The van der Waals surface area contributed by atoms with Crippen LogP contribution in [0.1, 0.15) is 17.1 Å². The summed E-state index contributed by atoms with van der Waals surface area (Å²) >= 11 is 1.68. The van der Waals surface area contributed by atoms with Gasteiger partial charge < -0.3 is 15.8 Å². The minimum atomic E-state index is 0.158. The van der Waals surface area contributed by atoms with Gasteiger partial charge in [-0.2, -0.15) is 0 Å². The van der Waals surface area contributed by atoms with Gasteiger partial charge >= 0.3 is 0 Å². The molecule has 1 atom stereocenters. The number of methoxy groups -OCH3 is 1. The van der Waals surface area contributed by atoms with Crippen LogP contribution in [-0.2, 0) is 11.3 Å². The van der Waals surface area contributed by atoms with Crippen LogP contribution < -0.4 is 11.1 Å². The van der Waals surface area contributed by atoms with Gasteiger partial charge in [-0.15, -0.1) is 11.3 Å². The maximum atomic E-state index is 5.87. The Bertz CT molecular complexity index is 277. The lowest BCUT2D eigenvalue weighted by Gasteiger charge is -2.10. The fraction of sp³-hybridized carbons (Fsp3) is 0.700. The minimum Gasteiger partial charge on any atom is -0.385 e. The molecule has 4 nitrogen and oxygen atoms in total. The zero-order valence-corrected chi connectivity index (χ0v) is 10.1. The van der Waals surface area contributed by atoms with E-state index in [0.29, 0.717) is 0 Å². The third kappa shape index (κ3) is 5.22. The van der Waals surface area contributed by atoms with Crippen LogP contribution in [0.5, 0.6) is 0 Å². The van der Waals surface area contributed by atoms with E-state index in [4.69, 9.17) is 10.5 Å². The lowest BCUT2D eigenvalue weighted by atomic mass is 10.2. The summed E-state index contributed by atoms with van der Waals surface area (Å²) in [4.78, 5) is 4.36. The van der Waals surface area contributed by atoms with Gasteiger partial charge in [0.05, 0.1) is 0 Å². The molecule has 3 N–H and O–H groups in total. The summed E-state index contributed by atoms with van der Waals surface area (Å²) in [5.41, 5.74) is 6.95. The first kappa shape index (κ1) is 12.6. The molecule has 5 heteroatoms. The largest absolute Gasteiger partial charge is 0.385 e. The first-order valence-corrected chi connectivity index (χ1v) is 5.96. The molecule has 0 aromatic carbocycles. The molecule has 1 rings (SSSR count). The van der Waals surface area contributed by atoms with E-state index in [2.05, 4.69) is 15.7 Å². The van der Waals surface area contributed by atoms with Crippen LogP contribution in [-0.4, -0.2) is 31.3 Å². The molecule has 0 spiro atoms. The van der Waals surface area contributed by atoms with Crippen molar-refractivity contribution in [2.75, 3.05) is 20.3 Å². The minimum absolute atomic E-state index is 0.158. The van der Waals surface area contributed by atoms with Gasteiger partial charge in [-0.1, -0.05) is 0 Å². The van der Waals surface area contributed by atoms with E-state index < -0.39 is 0 Å². The molecule has 0 aliphatic rings. The second-order valence-corrected chi connectivity index (χ2v) is 4.50. The zero-order valence-electron chi connectivity index (χ0n) is 9.32. The van der Waals surface area contributed by atoms with Gasteiger partial charge in [0, 0.05) is 43.9 Å². The molecule has 1 aromatic rings. The predicted molar refractivity (Wildman–Crippen MR) is 63.0 cm³/mol. The van der Waals surface area contributed by atoms with Gasteiger partial charge in [-0.3, -0.25) is 0 Å². The number of hydrogen-bond acceptors (Lipinski definition) is 5. The Morgan fingerprint density at radius 3 is 3.07 bits per heavy atom. The van der Waals surface area contributed by atoms with Crippen molar-refractivity contribution in [3.05, 3.63) is 16.1 Å². The Kier molecular flexibility index (Phi) is 5.78. The SMILES string of the molecule is COCCC(N)CNCc1nc(C)cs1. The standard InChI is InChI=1S/C10H19N3OS/c1-8-7-15-10(13-8)6-12-5-9(11)3-4-14-2/h7,9,12H,3-6,11H2,1-2H3. The van der Waals surface area contributed by atoms with E-state index >= 15 is 0 Å². The molecule has 1 heterocycles. The van der Waals surface area contributed by atoms with Gasteiger partial charge in [0.25, 0.3) is 0 Å². The van der Waals surface area contributed by atoms with Crippen molar-refractivity contribution < 1.29 is 4.74 Å². The number of thiazole rings is 1. The van der Waals surface area contributed by atoms with E-state index in [1.54, 1.807) is 18.4 Å². The average Bonchev–Trinajstić information content (AvgIpc) is 2.61. The fourth-order valence-corrected chi connectivity index (χ4v) is 1.96. The number of aromatic nitrogens is 1. The maximum absolute atomic E-state index is 5.87. The van der Waals surface area contributed by atoms with Crippen molar-refractivity contribution in [2.24, 2.45) is 5.73 Å². The average molecular weight is 229 g/mol. The first-order valence-electron chi connectivity index (χ1n) is 5.08. The number of ether oxygens (including phenoxy) is 1. The fourth-order valence-electron chi connectivity index (χ4n) is 1.22. The second-order valence-electron chi connectivity index (χ2n) is 3.56. The molecule has 0 saturated heterocycles. The van der Waals surface area contributed by atoms with Crippen molar-refractivity contribution in [1.29, 1.82) is 0 Å². The number of nitrogens with zero attached hydrogens (tertiary/aromatic N) is 1. The summed E-state index contributed by atoms with van der Waals surface area (Å²) < 4.78 is 4.96. The highest BCUT2D eigenvalue weighted by atomic mass is 32.1. The van der Waals surface area contributed by atoms with Gasteiger partial charge in [0.1, 0.15) is 5.01 Å². The molecule has 1 unspecified atom stereocenters. The summed E-state index contributed by atoms with van der Waals surface area (Å²) in [6, 6.07) is 0.158. The van der Waals surface area contributed by atoms with E-state index in [9.17, 15) is 0 Å². The quantitative estimate of drug-likeness (QED) is 0.729. The van der Waals surface area contributed by atoms with E-state index in [0.717, 1.165) is 36.8 Å². The lowest BCUT2D eigenvalue weighted by Crippen LogP contribution is -2.34. The number of nitrogens with one attached hydrogen (secondary N) is 1. The van der Waals surface area contributed by atoms with Crippen molar-refractivity contribution in [3.63, 3.8) is 0 Å². The van der Waals surface area contributed by atoms with E-state index in [1.165, 1.54) is 0 Å². The Balaban J connectivity index is 2.10. The highest BCUT2D eigenvalue weighted by Crippen LogP contribution is 2.07. The monoisotopic (exact) mass is 229 g/mol. The topological polar surface area (TPSA) is 60.2 Å². The molecule has 0 fully saturated rings. The molecule has 0 bridgehead atoms. The van der Waals surface area contributed by atoms with Crippen molar-refractivity contribution >= 4 is 11.3 Å². The Morgan fingerprint density at radius 1 is 1.67 bits per heavy atom. The van der Waals surface area contributed by atoms with Crippen molar-refractivity contribution in [3.8, 4) is 0 Å². The molecule has 86 valence electrons. The predicted octanol–water partition coefficient (Wildman–Crippen LogP) is 0.905. The zero-order chi connectivity index (χ0) is 11.1. The lowest BCUT2D eigenvalue weighted by molar-refractivity contribution is 0.187. The summed E-state index contributed by atoms with van der Waals surface area (Å²) in [7, 11) is 1.69. The van der Waals surface area contributed by atoms with Gasteiger partial charge in [-0.25, -0.2) is 4.98 Å². The highest BCUT2D eigenvalue weighted by Gasteiger charge is 2.02. The number of nitrogens with two attached hydrogens (primary N) is 1. The Labute approximate surface area is 94.8 Å². The Hall–Kier alpha value is -0.490. The molecule has 1 aromatic heterocycles. The normalized spacial score (nSPS) is 13.0. The maximum Gasteiger partial charge on any atom is 0.107 e. The van der Waals surface area contributed by atoms with Crippen molar-refractivity contribution in [1.82, 2.24) is 10.3 Å². The van der Waals surface area contributed by atoms with Gasteiger partial charge in [0.2, 0.25) is 0 Å². The number of aryl methyl sites for hydroxylation is 1. The van der Waals surface area contributed by atoms with Crippen LogP contribution in [0.2, 0.25) is 0 Å². The number of hydrogen-bond donors (Lipinski definition) is 2. The second kappa shape index (κ2) is 6.90. The number of rotatable bonds is 7. The van der Waals surface area contributed by atoms with E-state index in [1.807, 2.05) is 6.92 Å². The van der Waals surface area contributed by atoms with Crippen molar-refractivity contribution in [2.45, 2.75) is 25.9 Å². The van der Waals surface area contributed by atoms with Crippen LogP contribution in [0, 0.1) is 6.92 Å². The Morgan fingerprint density at radius 2 is 2.47 bits per heavy atom. The van der Waals surface area contributed by atoms with Crippen LogP contribution in [0.4, 0.5) is 0 Å². The summed E-state index contributed by atoms with van der Waals surface area (Å²) in [5, 5.41) is 6.47. The molecule has 0 saturated carbocycles. The molecule has 0 radical (unpaired) electrons. The van der Waals surface area contributed by atoms with Crippen LogP contribution in [0.3, 0.4) is 0 Å². The van der Waals surface area contributed by atoms with Gasteiger partial charge in [0.15, 0.2) is 0 Å². The first-order chi connectivity index (χ1) is 7.22. The molecule has 0 aliphatic carbocycles. The summed E-state index contributed by atoms with van der Waals surface area (Å²) in [5.74, 6) is 0. The molecule has 15 heavy (non-hydrogen) atoms. The van der Waals surface area contributed by atoms with E-state index in [-0.39, 0.29) is 6.04 Å². The van der Waals surface area contributed by atoms with Crippen LogP contribution in [0.15, 0.2) is 5.38 Å². The summed E-state index contributed by atoms with van der Waals surface area (Å²) in [6.45, 7) is 4.34. The molecular formula is C10H19N3OS. The molecule has 0 aliphatic heterocycles. The van der Waals surface area contributed by atoms with Crippen LogP contribution >= 0.6 is 11.3 Å².